The van der Waals surface area contributed by atoms with Crippen LogP contribution in [0.5, 0.6) is 0 Å². The number of rotatable bonds is 8. The summed E-state index contributed by atoms with van der Waals surface area (Å²) in [7, 11) is 0. The van der Waals surface area contributed by atoms with Crippen molar-refractivity contribution in [1.82, 2.24) is 15.5 Å². The Balaban J connectivity index is 1.54. The first kappa shape index (κ1) is 20.2. The van der Waals surface area contributed by atoms with Gasteiger partial charge < -0.3 is 10.6 Å². The van der Waals surface area contributed by atoms with E-state index in [1.807, 2.05) is 0 Å². The third-order valence-corrected chi connectivity index (χ3v) is 5.61. The fourth-order valence-corrected chi connectivity index (χ4v) is 3.99. The van der Waals surface area contributed by atoms with Crippen LogP contribution in [0.2, 0.25) is 0 Å². The number of benzene rings is 1. The third-order valence-electron chi connectivity index (χ3n) is 4.62. The van der Waals surface area contributed by atoms with Gasteiger partial charge in [0.1, 0.15) is 5.01 Å². The maximum absolute atomic E-state index is 12.4. The lowest BCUT2D eigenvalue weighted by atomic mass is 9.97. The maximum atomic E-state index is 12.4. The largest absolute Gasteiger partial charge is 0.352 e. The van der Waals surface area contributed by atoms with Crippen LogP contribution < -0.4 is 10.6 Å². The quantitative estimate of drug-likeness (QED) is 0.647. The molecule has 28 heavy (non-hydrogen) atoms. The summed E-state index contributed by atoms with van der Waals surface area (Å²) in [6.45, 7) is 2.69. The Morgan fingerprint density at radius 3 is 2.82 bits per heavy atom. The van der Waals surface area contributed by atoms with Crippen LogP contribution in [0, 0.1) is 0 Å². The summed E-state index contributed by atoms with van der Waals surface area (Å²) in [4.78, 5) is 24.8. The molecule has 7 heteroatoms. The van der Waals surface area contributed by atoms with Crippen LogP contribution in [0.25, 0.3) is 0 Å². The van der Waals surface area contributed by atoms with Crippen molar-refractivity contribution in [2.75, 3.05) is 11.9 Å². The number of allylic oxidation sites excluding steroid dienone is 1. The molecule has 3 rings (SSSR count). The summed E-state index contributed by atoms with van der Waals surface area (Å²) in [6, 6.07) is 6.95. The molecule has 148 valence electrons. The van der Waals surface area contributed by atoms with Crippen molar-refractivity contribution in [2.45, 2.75) is 51.9 Å². The van der Waals surface area contributed by atoms with E-state index in [0.717, 1.165) is 37.1 Å². The van der Waals surface area contributed by atoms with E-state index in [1.165, 1.54) is 29.8 Å². The van der Waals surface area contributed by atoms with Crippen LogP contribution in [-0.2, 0) is 6.42 Å². The first-order valence-electron chi connectivity index (χ1n) is 9.85. The number of hydrogen-bond donors (Lipinski definition) is 2. The van der Waals surface area contributed by atoms with Gasteiger partial charge in [-0.1, -0.05) is 36.0 Å². The molecule has 0 spiro atoms. The van der Waals surface area contributed by atoms with E-state index in [1.54, 1.807) is 24.3 Å². The molecule has 1 heterocycles. The molecular weight excluding hydrogens is 372 g/mol. The highest BCUT2D eigenvalue weighted by Crippen LogP contribution is 2.19. The minimum absolute atomic E-state index is 0.131. The summed E-state index contributed by atoms with van der Waals surface area (Å²) in [5, 5.41) is 14.9. The molecule has 1 aliphatic rings. The number of amides is 2. The molecule has 0 aliphatic heterocycles. The van der Waals surface area contributed by atoms with Crippen LogP contribution >= 0.6 is 11.3 Å². The Morgan fingerprint density at radius 1 is 1.14 bits per heavy atom. The minimum atomic E-state index is -0.304. The number of anilines is 1. The fourth-order valence-electron chi connectivity index (χ4n) is 3.15. The van der Waals surface area contributed by atoms with Crippen LogP contribution in [0.4, 0.5) is 5.69 Å². The molecule has 2 aromatic rings. The molecule has 0 unspecified atom stereocenters. The van der Waals surface area contributed by atoms with Gasteiger partial charge in [0.05, 0.1) is 0 Å². The Hall–Kier alpha value is -2.54. The highest BCUT2D eigenvalue weighted by molar-refractivity contribution is 7.13. The summed E-state index contributed by atoms with van der Waals surface area (Å²) in [5.41, 5.74) is 2.53. The van der Waals surface area contributed by atoms with Gasteiger partial charge in [-0.25, -0.2) is 0 Å². The van der Waals surface area contributed by atoms with Crippen molar-refractivity contribution >= 4 is 28.8 Å². The molecule has 2 N–H and O–H groups in total. The Labute approximate surface area is 169 Å². The second-order valence-electron chi connectivity index (χ2n) is 6.90. The lowest BCUT2D eigenvalue weighted by Crippen LogP contribution is -2.25. The van der Waals surface area contributed by atoms with Gasteiger partial charge in [0.25, 0.3) is 11.8 Å². The van der Waals surface area contributed by atoms with Crippen molar-refractivity contribution in [3.8, 4) is 0 Å². The predicted molar refractivity (Wildman–Crippen MR) is 112 cm³/mol. The SMILES string of the molecule is CCCc1nnc(C(=O)Nc2cccc(C(=O)NCCC3=CCCCC3)c2)s1. The van der Waals surface area contributed by atoms with E-state index in [4.69, 9.17) is 0 Å². The van der Waals surface area contributed by atoms with Gasteiger partial charge in [-0.15, -0.1) is 10.2 Å². The zero-order chi connectivity index (χ0) is 19.8. The zero-order valence-corrected chi connectivity index (χ0v) is 17.0. The van der Waals surface area contributed by atoms with Crippen molar-refractivity contribution in [3.63, 3.8) is 0 Å². The average molecular weight is 399 g/mol. The molecule has 2 amide bonds. The zero-order valence-electron chi connectivity index (χ0n) is 16.2. The van der Waals surface area contributed by atoms with E-state index in [0.29, 0.717) is 22.8 Å². The van der Waals surface area contributed by atoms with Crippen molar-refractivity contribution in [2.24, 2.45) is 0 Å². The van der Waals surface area contributed by atoms with Crippen molar-refractivity contribution in [3.05, 3.63) is 51.5 Å². The van der Waals surface area contributed by atoms with E-state index in [2.05, 4.69) is 33.8 Å². The highest BCUT2D eigenvalue weighted by atomic mass is 32.1. The Kier molecular flexibility index (Phi) is 7.31. The van der Waals surface area contributed by atoms with E-state index in [9.17, 15) is 9.59 Å². The van der Waals surface area contributed by atoms with Gasteiger partial charge in [0, 0.05) is 24.2 Å². The number of aromatic nitrogens is 2. The second kappa shape index (κ2) is 10.1. The first-order chi connectivity index (χ1) is 13.7. The number of carbonyl (C=O) groups excluding carboxylic acids is 2. The molecule has 1 aromatic carbocycles. The van der Waals surface area contributed by atoms with Gasteiger partial charge in [0.2, 0.25) is 5.01 Å². The number of carbonyl (C=O) groups is 2. The van der Waals surface area contributed by atoms with Crippen LogP contribution in [0.15, 0.2) is 35.9 Å². The summed E-state index contributed by atoms with van der Waals surface area (Å²) in [6.07, 6.45) is 9.79. The third kappa shape index (κ3) is 5.73. The molecule has 0 atom stereocenters. The molecule has 0 bridgehead atoms. The number of aryl methyl sites for hydroxylation is 1. The Bertz CT molecular complexity index is 860. The summed E-state index contributed by atoms with van der Waals surface area (Å²) < 4.78 is 0. The maximum Gasteiger partial charge on any atom is 0.286 e. The van der Waals surface area contributed by atoms with E-state index in [-0.39, 0.29) is 11.8 Å². The number of nitrogens with one attached hydrogen (secondary N) is 2. The monoisotopic (exact) mass is 398 g/mol. The highest BCUT2D eigenvalue weighted by Gasteiger charge is 2.14. The molecule has 0 fully saturated rings. The lowest BCUT2D eigenvalue weighted by molar-refractivity contribution is 0.0952. The van der Waals surface area contributed by atoms with Crippen LogP contribution in [-0.4, -0.2) is 28.6 Å². The van der Waals surface area contributed by atoms with Crippen molar-refractivity contribution < 1.29 is 9.59 Å². The van der Waals surface area contributed by atoms with E-state index < -0.39 is 0 Å². The van der Waals surface area contributed by atoms with Gasteiger partial charge in [-0.2, -0.15) is 0 Å². The minimum Gasteiger partial charge on any atom is -0.352 e. The normalized spacial score (nSPS) is 13.7. The second-order valence-corrected chi connectivity index (χ2v) is 7.96. The molecule has 1 aliphatic carbocycles. The van der Waals surface area contributed by atoms with Crippen LogP contribution in [0.1, 0.15) is 70.6 Å². The number of nitrogens with zero attached hydrogens (tertiary/aromatic N) is 2. The molecule has 0 saturated carbocycles. The van der Waals surface area contributed by atoms with Crippen molar-refractivity contribution in [1.29, 1.82) is 0 Å². The molecule has 6 nitrogen and oxygen atoms in total. The molecule has 1 aromatic heterocycles. The predicted octanol–water partition coefficient (Wildman–Crippen LogP) is 4.36. The molecule has 0 radical (unpaired) electrons. The molecular formula is C21H26N4O2S. The van der Waals surface area contributed by atoms with Gasteiger partial charge in [0.15, 0.2) is 0 Å². The lowest BCUT2D eigenvalue weighted by Gasteiger charge is -2.13. The first-order valence-corrected chi connectivity index (χ1v) is 10.7. The standard InChI is InChI=1S/C21H26N4O2S/c1-2-7-18-24-25-21(28-18)20(27)23-17-11-6-10-16(14-17)19(26)22-13-12-15-8-4-3-5-9-15/h6,8,10-11,14H,2-5,7,9,12-13H2,1H3,(H,22,26)(H,23,27). The van der Waals surface area contributed by atoms with E-state index >= 15 is 0 Å². The topological polar surface area (TPSA) is 84.0 Å². The number of hydrogen-bond acceptors (Lipinski definition) is 5. The van der Waals surface area contributed by atoms with Gasteiger partial charge in [-0.05, 0) is 56.7 Å². The Morgan fingerprint density at radius 2 is 2.04 bits per heavy atom. The average Bonchev–Trinajstić information content (AvgIpc) is 3.18. The fraction of sp³-hybridized carbons (Fsp3) is 0.429. The summed E-state index contributed by atoms with van der Waals surface area (Å²) in [5.74, 6) is -0.435. The van der Waals surface area contributed by atoms with Gasteiger partial charge in [-0.3, -0.25) is 9.59 Å². The van der Waals surface area contributed by atoms with Gasteiger partial charge >= 0.3 is 0 Å². The smallest absolute Gasteiger partial charge is 0.286 e. The summed E-state index contributed by atoms with van der Waals surface area (Å²) >= 11 is 1.30. The molecule has 0 saturated heterocycles. The van der Waals surface area contributed by atoms with Crippen LogP contribution in [0.3, 0.4) is 0 Å².